The minimum atomic E-state index is -3.72. The highest BCUT2D eigenvalue weighted by Crippen LogP contribution is 2.24. The zero-order valence-electron chi connectivity index (χ0n) is 13.8. The Kier molecular flexibility index (Phi) is 5.66. The van der Waals surface area contributed by atoms with Crippen LogP contribution >= 0.6 is 0 Å². The van der Waals surface area contributed by atoms with Crippen LogP contribution in [0.25, 0.3) is 0 Å². The number of carbonyl (C=O) groups excluding carboxylic acids is 1. The van der Waals surface area contributed by atoms with Crippen molar-refractivity contribution in [3.8, 4) is 0 Å². The van der Waals surface area contributed by atoms with Crippen LogP contribution in [0.5, 0.6) is 0 Å². The quantitative estimate of drug-likeness (QED) is 0.820. The summed E-state index contributed by atoms with van der Waals surface area (Å²) >= 11 is 0. The van der Waals surface area contributed by atoms with Gasteiger partial charge in [-0.3, -0.25) is 9.59 Å². The second kappa shape index (κ2) is 7.35. The molecular formula is C15H22N2O6S. The van der Waals surface area contributed by atoms with E-state index in [1.807, 2.05) is 0 Å². The van der Waals surface area contributed by atoms with E-state index in [0.717, 1.165) is 23.4 Å². The Morgan fingerprint density at radius 1 is 1.42 bits per heavy atom. The third-order valence-electron chi connectivity index (χ3n) is 4.13. The smallest absolute Gasteiger partial charge is 0.303 e. The first-order chi connectivity index (χ1) is 11.2. The maximum atomic E-state index is 12.5. The van der Waals surface area contributed by atoms with Gasteiger partial charge in [0.1, 0.15) is 6.26 Å². The van der Waals surface area contributed by atoms with Crippen molar-refractivity contribution in [2.45, 2.75) is 30.8 Å². The molecule has 1 aromatic heterocycles. The van der Waals surface area contributed by atoms with Gasteiger partial charge in [0.2, 0.25) is 5.09 Å². The lowest BCUT2D eigenvalue weighted by Gasteiger charge is -2.32. The maximum Gasteiger partial charge on any atom is 0.303 e. The molecule has 0 radical (unpaired) electrons. The van der Waals surface area contributed by atoms with E-state index < -0.39 is 16.0 Å². The number of nitrogens with zero attached hydrogens (tertiary/aromatic N) is 2. The molecule has 0 aliphatic carbocycles. The highest BCUT2D eigenvalue weighted by Gasteiger charge is 2.28. The van der Waals surface area contributed by atoms with Crippen molar-refractivity contribution in [1.82, 2.24) is 9.21 Å². The van der Waals surface area contributed by atoms with E-state index in [1.165, 1.54) is 20.2 Å². The molecule has 1 aliphatic rings. The number of aliphatic carboxylic acids is 1. The van der Waals surface area contributed by atoms with Gasteiger partial charge in [0, 0.05) is 39.7 Å². The van der Waals surface area contributed by atoms with Crippen molar-refractivity contribution in [2.75, 3.05) is 27.2 Å². The average molecular weight is 358 g/mol. The van der Waals surface area contributed by atoms with E-state index in [4.69, 9.17) is 9.52 Å². The van der Waals surface area contributed by atoms with Gasteiger partial charge in [-0.15, -0.1) is 0 Å². The summed E-state index contributed by atoms with van der Waals surface area (Å²) in [6.45, 7) is 1.05. The fraction of sp³-hybridized carbons (Fsp3) is 0.600. The van der Waals surface area contributed by atoms with E-state index >= 15 is 0 Å². The number of hydrogen-bond donors (Lipinski definition) is 1. The number of carboxylic acids is 1. The van der Waals surface area contributed by atoms with Gasteiger partial charge in [-0.1, -0.05) is 0 Å². The van der Waals surface area contributed by atoms with Crippen LogP contribution in [-0.2, 0) is 14.8 Å². The van der Waals surface area contributed by atoms with E-state index in [0.29, 0.717) is 19.5 Å². The van der Waals surface area contributed by atoms with Crippen LogP contribution < -0.4 is 0 Å². The van der Waals surface area contributed by atoms with Gasteiger partial charge >= 0.3 is 5.97 Å². The molecular weight excluding hydrogens is 336 g/mol. The standard InChI is InChI=1S/C15H22N2O6S/c1-16(2)24(21,22)14-8-12(10-23-14)15(20)17-7-3-4-11(9-17)5-6-13(18)19/h8,10-11H,3-7,9H2,1-2H3,(H,18,19). The zero-order valence-corrected chi connectivity index (χ0v) is 14.6. The van der Waals surface area contributed by atoms with E-state index in [-0.39, 0.29) is 28.9 Å². The molecule has 1 amide bonds. The van der Waals surface area contributed by atoms with Crippen LogP contribution in [0.1, 0.15) is 36.0 Å². The van der Waals surface area contributed by atoms with Gasteiger partial charge in [-0.2, -0.15) is 0 Å². The first-order valence-electron chi connectivity index (χ1n) is 7.74. The summed E-state index contributed by atoms with van der Waals surface area (Å²) in [6.07, 6.45) is 3.47. The molecule has 8 nitrogen and oxygen atoms in total. The largest absolute Gasteiger partial charge is 0.481 e. The number of rotatable bonds is 6. The normalized spacial score (nSPS) is 18.8. The third kappa shape index (κ3) is 4.15. The Labute approximate surface area is 141 Å². The van der Waals surface area contributed by atoms with Crippen LogP contribution in [0.3, 0.4) is 0 Å². The Morgan fingerprint density at radius 2 is 2.12 bits per heavy atom. The Hall–Kier alpha value is -1.87. The summed E-state index contributed by atoms with van der Waals surface area (Å²) < 4.78 is 30.1. The average Bonchev–Trinajstić information content (AvgIpc) is 3.03. The first kappa shape index (κ1) is 18.5. The van der Waals surface area contributed by atoms with Crippen molar-refractivity contribution < 1.29 is 27.5 Å². The lowest BCUT2D eigenvalue weighted by molar-refractivity contribution is -0.137. The number of furan rings is 1. The maximum absolute atomic E-state index is 12.5. The summed E-state index contributed by atoms with van der Waals surface area (Å²) in [5.41, 5.74) is 0.189. The Bertz CT molecular complexity index is 709. The highest BCUT2D eigenvalue weighted by molar-refractivity contribution is 7.88. The van der Waals surface area contributed by atoms with Crippen LogP contribution in [0.15, 0.2) is 21.8 Å². The van der Waals surface area contributed by atoms with Crippen molar-refractivity contribution in [2.24, 2.45) is 5.92 Å². The second-order valence-corrected chi connectivity index (χ2v) is 8.22. The zero-order chi connectivity index (χ0) is 17.9. The topological polar surface area (TPSA) is 108 Å². The molecule has 0 aromatic carbocycles. The molecule has 1 aromatic rings. The van der Waals surface area contributed by atoms with Crippen molar-refractivity contribution in [3.63, 3.8) is 0 Å². The number of hydrogen-bond acceptors (Lipinski definition) is 5. The van der Waals surface area contributed by atoms with E-state index in [2.05, 4.69) is 0 Å². The van der Waals surface area contributed by atoms with Gasteiger partial charge in [0.25, 0.3) is 15.9 Å². The Balaban J connectivity index is 2.06. The first-order valence-corrected chi connectivity index (χ1v) is 9.18. The van der Waals surface area contributed by atoms with Gasteiger partial charge < -0.3 is 14.4 Å². The molecule has 1 unspecified atom stereocenters. The molecule has 9 heteroatoms. The second-order valence-electron chi connectivity index (χ2n) is 6.13. The molecule has 0 bridgehead atoms. The Morgan fingerprint density at radius 3 is 2.75 bits per heavy atom. The molecule has 1 atom stereocenters. The SMILES string of the molecule is CN(C)S(=O)(=O)c1cc(C(=O)N2CCCC(CCC(=O)O)C2)co1. The molecule has 2 rings (SSSR count). The van der Waals surface area contributed by atoms with Crippen molar-refractivity contribution in [1.29, 1.82) is 0 Å². The number of carbonyl (C=O) groups is 2. The van der Waals surface area contributed by atoms with Crippen LogP contribution in [0.2, 0.25) is 0 Å². The summed E-state index contributed by atoms with van der Waals surface area (Å²) in [5.74, 6) is -0.985. The summed E-state index contributed by atoms with van der Waals surface area (Å²) in [4.78, 5) is 24.8. The number of amides is 1. The van der Waals surface area contributed by atoms with Gasteiger partial charge in [0.15, 0.2) is 0 Å². The molecule has 134 valence electrons. The van der Waals surface area contributed by atoms with Gasteiger partial charge in [0.05, 0.1) is 5.56 Å². The molecule has 1 saturated heterocycles. The molecule has 0 spiro atoms. The number of carboxylic acid groups (broad SMARTS) is 1. The summed E-state index contributed by atoms with van der Waals surface area (Å²) in [7, 11) is -0.947. The van der Waals surface area contributed by atoms with E-state index in [9.17, 15) is 18.0 Å². The van der Waals surface area contributed by atoms with Crippen LogP contribution in [0.4, 0.5) is 0 Å². The predicted octanol–water partition coefficient (Wildman–Crippen LogP) is 1.25. The number of piperidine rings is 1. The summed E-state index contributed by atoms with van der Waals surface area (Å²) in [6, 6.07) is 1.23. The molecule has 1 N–H and O–H groups in total. The lowest BCUT2D eigenvalue weighted by atomic mass is 9.93. The van der Waals surface area contributed by atoms with Crippen molar-refractivity contribution >= 4 is 21.9 Å². The van der Waals surface area contributed by atoms with Gasteiger partial charge in [-0.25, -0.2) is 12.7 Å². The highest BCUT2D eigenvalue weighted by atomic mass is 32.2. The number of sulfonamides is 1. The van der Waals surface area contributed by atoms with Crippen molar-refractivity contribution in [3.05, 3.63) is 17.9 Å². The third-order valence-corrected chi connectivity index (χ3v) is 5.81. The molecule has 0 saturated carbocycles. The lowest BCUT2D eigenvalue weighted by Crippen LogP contribution is -2.39. The van der Waals surface area contributed by atoms with E-state index in [1.54, 1.807) is 4.90 Å². The minimum Gasteiger partial charge on any atom is -0.481 e. The van der Waals surface area contributed by atoms with Crippen LogP contribution in [0, 0.1) is 5.92 Å². The predicted molar refractivity (Wildman–Crippen MR) is 85.1 cm³/mol. The number of likely N-dealkylation sites (tertiary alicyclic amines) is 1. The van der Waals surface area contributed by atoms with Crippen LogP contribution in [-0.4, -0.2) is 61.8 Å². The molecule has 1 fully saturated rings. The van der Waals surface area contributed by atoms with Gasteiger partial charge in [-0.05, 0) is 25.2 Å². The fourth-order valence-electron chi connectivity index (χ4n) is 2.74. The molecule has 2 heterocycles. The minimum absolute atomic E-state index is 0.0869. The fourth-order valence-corrected chi connectivity index (χ4v) is 3.54. The monoisotopic (exact) mass is 358 g/mol. The molecule has 24 heavy (non-hydrogen) atoms. The summed E-state index contributed by atoms with van der Waals surface area (Å²) in [5, 5.41) is 8.50. The molecule has 1 aliphatic heterocycles.